The number of hydrogen-bond acceptors (Lipinski definition) is 2. The molecule has 2 nitrogen and oxygen atoms in total. The lowest BCUT2D eigenvalue weighted by atomic mass is 10.0. The molecule has 0 amide bonds. The van der Waals surface area contributed by atoms with E-state index >= 15 is 0 Å². The smallest absolute Gasteiger partial charge is 0.0635 e. The fourth-order valence-corrected chi connectivity index (χ4v) is 2.42. The first-order valence-electron chi connectivity index (χ1n) is 7.45. The highest BCUT2D eigenvalue weighted by Crippen LogP contribution is 2.17. The topological polar surface area (TPSA) is 35.8 Å². The minimum Gasteiger partial charge on any atom is -0.316 e. The minimum atomic E-state index is 0.608. The first-order valence-corrected chi connectivity index (χ1v) is 7.45. The van der Waals surface area contributed by atoms with Crippen LogP contribution in [0.25, 0.3) is 10.8 Å². The molecule has 0 saturated heterocycles. The molecule has 20 heavy (non-hydrogen) atoms. The predicted molar refractivity (Wildman–Crippen MR) is 84.6 cm³/mol. The maximum Gasteiger partial charge on any atom is 0.0635 e. The third-order valence-corrected chi connectivity index (χ3v) is 3.55. The van der Waals surface area contributed by atoms with Crippen LogP contribution in [-0.4, -0.2) is 13.1 Å². The van der Waals surface area contributed by atoms with E-state index in [1.165, 1.54) is 35.6 Å². The third kappa shape index (κ3) is 4.68. The maximum absolute atomic E-state index is 8.42. The molecule has 0 aliphatic carbocycles. The van der Waals surface area contributed by atoms with Crippen molar-refractivity contribution in [1.82, 2.24) is 5.32 Å². The van der Waals surface area contributed by atoms with Gasteiger partial charge in [-0.05, 0) is 42.1 Å². The lowest BCUT2D eigenvalue weighted by Gasteiger charge is -2.05. The van der Waals surface area contributed by atoms with Crippen LogP contribution in [0.1, 0.15) is 31.2 Å². The summed E-state index contributed by atoms with van der Waals surface area (Å²) in [6.07, 6.45) is 5.43. The van der Waals surface area contributed by atoms with Crippen molar-refractivity contribution in [3.05, 3.63) is 48.0 Å². The van der Waals surface area contributed by atoms with Crippen molar-refractivity contribution in [3.63, 3.8) is 0 Å². The summed E-state index contributed by atoms with van der Waals surface area (Å²) in [4.78, 5) is 0. The molecule has 0 aliphatic heterocycles. The number of nitriles is 1. The quantitative estimate of drug-likeness (QED) is 0.731. The van der Waals surface area contributed by atoms with Crippen molar-refractivity contribution in [2.45, 2.75) is 32.1 Å². The Morgan fingerprint density at radius 3 is 2.60 bits per heavy atom. The van der Waals surface area contributed by atoms with Gasteiger partial charge in [-0.3, -0.25) is 0 Å². The minimum absolute atomic E-state index is 0.608. The predicted octanol–water partition coefficient (Wildman–Crippen LogP) is 4.06. The molecule has 0 atom stereocenters. The van der Waals surface area contributed by atoms with Gasteiger partial charge in [0.25, 0.3) is 0 Å². The lowest BCUT2D eigenvalue weighted by molar-refractivity contribution is 0.607. The molecule has 1 N–H and O–H groups in total. The maximum atomic E-state index is 8.42. The molecule has 0 spiro atoms. The molecule has 0 unspecified atom stereocenters. The van der Waals surface area contributed by atoms with Gasteiger partial charge in [-0.2, -0.15) is 5.26 Å². The summed E-state index contributed by atoms with van der Waals surface area (Å²) < 4.78 is 0. The molecule has 2 aromatic carbocycles. The van der Waals surface area contributed by atoms with Crippen LogP contribution in [-0.2, 0) is 6.42 Å². The van der Waals surface area contributed by atoms with E-state index in [0.29, 0.717) is 6.42 Å². The van der Waals surface area contributed by atoms with Crippen molar-refractivity contribution >= 4 is 10.8 Å². The van der Waals surface area contributed by atoms with Crippen molar-refractivity contribution in [1.29, 1.82) is 5.26 Å². The van der Waals surface area contributed by atoms with Crippen molar-refractivity contribution in [2.75, 3.05) is 13.1 Å². The van der Waals surface area contributed by atoms with E-state index in [4.69, 9.17) is 5.26 Å². The monoisotopic (exact) mass is 266 g/mol. The summed E-state index contributed by atoms with van der Waals surface area (Å²) in [5, 5.41) is 14.4. The van der Waals surface area contributed by atoms with Gasteiger partial charge in [0.05, 0.1) is 6.07 Å². The summed E-state index contributed by atoms with van der Waals surface area (Å²) in [6, 6.07) is 17.4. The summed E-state index contributed by atoms with van der Waals surface area (Å²) in [5.74, 6) is 0. The van der Waals surface area contributed by atoms with Gasteiger partial charge >= 0.3 is 0 Å². The number of rotatable bonds is 8. The molecule has 104 valence electrons. The van der Waals surface area contributed by atoms with Gasteiger partial charge in [0.1, 0.15) is 0 Å². The molecule has 0 fully saturated rings. The number of nitrogens with one attached hydrogen (secondary N) is 1. The number of nitrogens with zero attached hydrogens (tertiary/aromatic N) is 1. The third-order valence-electron chi connectivity index (χ3n) is 3.55. The van der Waals surface area contributed by atoms with E-state index in [1.54, 1.807) is 0 Å². The standard InChI is InChI=1S/C18H22N2/c19-12-6-14-20-13-5-1-2-7-16-10-11-17-8-3-4-9-18(17)15-16/h3-4,8-11,15,20H,1-2,5-7,13-14H2. The van der Waals surface area contributed by atoms with Gasteiger partial charge in [0, 0.05) is 13.0 Å². The Labute approximate surface area is 121 Å². The van der Waals surface area contributed by atoms with E-state index in [2.05, 4.69) is 53.9 Å². The number of benzene rings is 2. The summed E-state index contributed by atoms with van der Waals surface area (Å²) >= 11 is 0. The Morgan fingerprint density at radius 2 is 1.75 bits per heavy atom. The van der Waals surface area contributed by atoms with E-state index in [1.807, 2.05) is 0 Å². The average Bonchev–Trinajstić information content (AvgIpc) is 2.50. The summed E-state index contributed by atoms with van der Waals surface area (Å²) in [5.41, 5.74) is 1.43. The zero-order chi connectivity index (χ0) is 14.0. The zero-order valence-electron chi connectivity index (χ0n) is 11.9. The second-order valence-electron chi connectivity index (χ2n) is 5.15. The Balaban J connectivity index is 1.67. The van der Waals surface area contributed by atoms with E-state index in [9.17, 15) is 0 Å². The van der Waals surface area contributed by atoms with Crippen LogP contribution in [0.4, 0.5) is 0 Å². The Morgan fingerprint density at radius 1 is 0.900 bits per heavy atom. The molecule has 0 heterocycles. The van der Waals surface area contributed by atoms with Gasteiger partial charge in [0.2, 0.25) is 0 Å². The van der Waals surface area contributed by atoms with Crippen LogP contribution in [0.15, 0.2) is 42.5 Å². The Kier molecular flexibility index (Phi) is 6.07. The van der Waals surface area contributed by atoms with Gasteiger partial charge < -0.3 is 5.32 Å². The molecular weight excluding hydrogens is 244 g/mol. The van der Waals surface area contributed by atoms with Crippen LogP contribution in [0.5, 0.6) is 0 Å². The van der Waals surface area contributed by atoms with Crippen molar-refractivity contribution in [2.24, 2.45) is 0 Å². The van der Waals surface area contributed by atoms with Gasteiger partial charge in [-0.25, -0.2) is 0 Å². The Bertz CT molecular complexity index is 569. The van der Waals surface area contributed by atoms with E-state index in [-0.39, 0.29) is 0 Å². The summed E-state index contributed by atoms with van der Waals surface area (Å²) in [7, 11) is 0. The van der Waals surface area contributed by atoms with Crippen molar-refractivity contribution in [3.8, 4) is 6.07 Å². The van der Waals surface area contributed by atoms with Gasteiger partial charge in [0.15, 0.2) is 0 Å². The normalized spacial score (nSPS) is 10.6. The van der Waals surface area contributed by atoms with E-state index in [0.717, 1.165) is 19.5 Å². The highest BCUT2D eigenvalue weighted by atomic mass is 14.8. The second kappa shape index (κ2) is 8.35. The number of aryl methyl sites for hydroxylation is 1. The fourth-order valence-electron chi connectivity index (χ4n) is 2.42. The van der Waals surface area contributed by atoms with Crippen LogP contribution in [0.2, 0.25) is 0 Å². The highest BCUT2D eigenvalue weighted by molar-refractivity contribution is 5.82. The molecular formula is C18H22N2. The first kappa shape index (κ1) is 14.6. The molecule has 2 heteroatoms. The molecule has 0 saturated carbocycles. The van der Waals surface area contributed by atoms with E-state index < -0.39 is 0 Å². The fraction of sp³-hybridized carbons (Fsp3) is 0.389. The molecule has 0 aromatic heterocycles. The second-order valence-corrected chi connectivity index (χ2v) is 5.15. The van der Waals surface area contributed by atoms with Crippen LogP contribution in [0, 0.1) is 11.3 Å². The molecule has 0 bridgehead atoms. The highest BCUT2D eigenvalue weighted by Gasteiger charge is 1.97. The molecule has 0 aliphatic rings. The zero-order valence-corrected chi connectivity index (χ0v) is 11.9. The number of hydrogen-bond donors (Lipinski definition) is 1. The summed E-state index contributed by atoms with van der Waals surface area (Å²) in [6.45, 7) is 1.85. The SMILES string of the molecule is N#CCCNCCCCCc1ccc2ccccc2c1. The molecule has 2 rings (SSSR count). The molecule has 2 aromatic rings. The van der Waals surface area contributed by atoms with Crippen molar-refractivity contribution < 1.29 is 0 Å². The van der Waals surface area contributed by atoms with Crippen LogP contribution in [0.3, 0.4) is 0 Å². The lowest BCUT2D eigenvalue weighted by Crippen LogP contribution is -2.16. The average molecular weight is 266 g/mol. The van der Waals surface area contributed by atoms with Gasteiger partial charge in [-0.15, -0.1) is 0 Å². The first-order chi connectivity index (χ1) is 9.90. The number of fused-ring (bicyclic) bond motifs is 1. The Hall–Kier alpha value is -1.85. The van der Waals surface area contributed by atoms with Gasteiger partial charge in [-0.1, -0.05) is 48.9 Å². The van der Waals surface area contributed by atoms with Crippen LogP contribution >= 0.6 is 0 Å². The van der Waals surface area contributed by atoms with Crippen LogP contribution < -0.4 is 5.32 Å². The number of unbranched alkanes of at least 4 members (excludes halogenated alkanes) is 2. The molecule has 0 radical (unpaired) electrons. The largest absolute Gasteiger partial charge is 0.316 e.